The molecule has 1 aliphatic carbocycles. The first-order valence-corrected chi connectivity index (χ1v) is 6.89. The Morgan fingerprint density at radius 1 is 1.28 bits per heavy atom. The zero-order chi connectivity index (χ0) is 13.1. The summed E-state index contributed by atoms with van der Waals surface area (Å²) in [7, 11) is 2.03. The first kappa shape index (κ1) is 13.2. The van der Waals surface area contributed by atoms with Crippen LogP contribution < -0.4 is 10.6 Å². The van der Waals surface area contributed by atoms with Gasteiger partial charge in [-0.1, -0.05) is 13.3 Å². The second-order valence-corrected chi connectivity index (χ2v) is 5.40. The summed E-state index contributed by atoms with van der Waals surface area (Å²) in [5.41, 5.74) is 7.43. The Hall–Kier alpha value is -1.25. The predicted octanol–water partition coefficient (Wildman–Crippen LogP) is 3.81. The van der Waals surface area contributed by atoms with E-state index in [0.29, 0.717) is 11.7 Å². The zero-order valence-electron chi connectivity index (χ0n) is 11.3. The Kier molecular flexibility index (Phi) is 4.10. The van der Waals surface area contributed by atoms with Gasteiger partial charge in [0, 0.05) is 13.1 Å². The van der Waals surface area contributed by atoms with Gasteiger partial charge in [-0.05, 0) is 49.8 Å². The van der Waals surface area contributed by atoms with Crippen LogP contribution in [0.5, 0.6) is 0 Å². The SMILES string of the molecule is CCC1CCC(N(C)c2cc(F)ccc2N)CC1. The van der Waals surface area contributed by atoms with Crippen LogP contribution in [0.3, 0.4) is 0 Å². The average Bonchev–Trinajstić information content (AvgIpc) is 2.41. The molecule has 18 heavy (non-hydrogen) atoms. The van der Waals surface area contributed by atoms with E-state index < -0.39 is 0 Å². The Bertz CT molecular complexity index is 397. The lowest BCUT2D eigenvalue weighted by atomic mass is 9.84. The molecule has 0 spiro atoms. The maximum atomic E-state index is 13.3. The fourth-order valence-electron chi connectivity index (χ4n) is 2.96. The standard InChI is InChI=1S/C15H23FN2/c1-3-11-4-7-13(8-5-11)18(2)15-10-12(16)6-9-14(15)17/h6,9-11,13H,3-5,7-8,17H2,1-2H3. The van der Waals surface area contributed by atoms with E-state index >= 15 is 0 Å². The van der Waals surface area contributed by atoms with E-state index in [1.807, 2.05) is 7.05 Å². The summed E-state index contributed by atoms with van der Waals surface area (Å²) in [6.45, 7) is 2.26. The molecule has 0 radical (unpaired) electrons. The molecule has 1 saturated carbocycles. The number of nitrogens with two attached hydrogens (primary N) is 1. The van der Waals surface area contributed by atoms with E-state index in [0.717, 1.165) is 11.6 Å². The summed E-state index contributed by atoms with van der Waals surface area (Å²) in [6, 6.07) is 5.11. The van der Waals surface area contributed by atoms with Crippen molar-refractivity contribution in [3.05, 3.63) is 24.0 Å². The van der Waals surface area contributed by atoms with Crippen molar-refractivity contribution < 1.29 is 4.39 Å². The maximum Gasteiger partial charge on any atom is 0.125 e. The summed E-state index contributed by atoms with van der Waals surface area (Å²) in [4.78, 5) is 2.16. The van der Waals surface area contributed by atoms with E-state index in [2.05, 4.69) is 11.8 Å². The van der Waals surface area contributed by atoms with Crippen LogP contribution in [0.2, 0.25) is 0 Å². The highest BCUT2D eigenvalue weighted by atomic mass is 19.1. The van der Waals surface area contributed by atoms with E-state index in [4.69, 9.17) is 5.73 Å². The molecule has 1 aromatic rings. The fraction of sp³-hybridized carbons (Fsp3) is 0.600. The summed E-state index contributed by atoms with van der Waals surface area (Å²) in [6.07, 6.45) is 6.20. The first-order valence-electron chi connectivity index (χ1n) is 6.89. The fourth-order valence-corrected chi connectivity index (χ4v) is 2.96. The van der Waals surface area contributed by atoms with Gasteiger partial charge >= 0.3 is 0 Å². The minimum atomic E-state index is -0.215. The van der Waals surface area contributed by atoms with Crippen LogP contribution in [0.15, 0.2) is 18.2 Å². The van der Waals surface area contributed by atoms with Gasteiger partial charge in [0.05, 0.1) is 11.4 Å². The van der Waals surface area contributed by atoms with Gasteiger partial charge in [0.2, 0.25) is 0 Å². The van der Waals surface area contributed by atoms with E-state index in [1.54, 1.807) is 12.1 Å². The molecule has 2 rings (SSSR count). The minimum absolute atomic E-state index is 0.215. The summed E-state index contributed by atoms with van der Waals surface area (Å²) in [5.74, 6) is 0.660. The van der Waals surface area contributed by atoms with Gasteiger partial charge in [-0.25, -0.2) is 4.39 Å². The second-order valence-electron chi connectivity index (χ2n) is 5.40. The van der Waals surface area contributed by atoms with Crippen LogP contribution in [0.1, 0.15) is 39.0 Å². The van der Waals surface area contributed by atoms with Gasteiger partial charge in [0.15, 0.2) is 0 Å². The maximum absolute atomic E-state index is 13.3. The summed E-state index contributed by atoms with van der Waals surface area (Å²) >= 11 is 0. The van der Waals surface area contributed by atoms with Gasteiger partial charge in [-0.15, -0.1) is 0 Å². The van der Waals surface area contributed by atoms with Crippen LogP contribution in [0.4, 0.5) is 15.8 Å². The molecule has 3 heteroatoms. The van der Waals surface area contributed by atoms with E-state index in [-0.39, 0.29) is 5.82 Å². The Morgan fingerprint density at radius 2 is 1.94 bits per heavy atom. The number of benzene rings is 1. The average molecular weight is 250 g/mol. The van der Waals surface area contributed by atoms with Gasteiger partial charge in [-0.2, -0.15) is 0 Å². The van der Waals surface area contributed by atoms with Crippen molar-refractivity contribution in [1.29, 1.82) is 0 Å². The minimum Gasteiger partial charge on any atom is -0.397 e. The highest BCUT2D eigenvalue weighted by Crippen LogP contribution is 2.33. The quantitative estimate of drug-likeness (QED) is 0.826. The molecule has 0 bridgehead atoms. The van der Waals surface area contributed by atoms with Crippen LogP contribution in [0, 0.1) is 11.7 Å². The first-order chi connectivity index (χ1) is 8.61. The van der Waals surface area contributed by atoms with Crippen molar-refractivity contribution in [1.82, 2.24) is 0 Å². The topological polar surface area (TPSA) is 29.3 Å². The van der Waals surface area contributed by atoms with Crippen LogP contribution in [-0.2, 0) is 0 Å². The van der Waals surface area contributed by atoms with Crippen molar-refractivity contribution in [2.24, 2.45) is 5.92 Å². The van der Waals surface area contributed by atoms with Gasteiger partial charge in [0.25, 0.3) is 0 Å². The molecule has 1 fully saturated rings. The predicted molar refractivity (Wildman–Crippen MR) is 75.3 cm³/mol. The molecule has 0 atom stereocenters. The van der Waals surface area contributed by atoms with Crippen LogP contribution >= 0.6 is 0 Å². The van der Waals surface area contributed by atoms with Crippen molar-refractivity contribution in [3.63, 3.8) is 0 Å². The molecule has 0 saturated heterocycles. The zero-order valence-corrected chi connectivity index (χ0v) is 11.3. The third-order valence-corrected chi connectivity index (χ3v) is 4.31. The monoisotopic (exact) mass is 250 g/mol. The molecule has 100 valence electrons. The smallest absolute Gasteiger partial charge is 0.125 e. The number of nitrogens with zero attached hydrogens (tertiary/aromatic N) is 1. The van der Waals surface area contributed by atoms with Crippen molar-refractivity contribution in [3.8, 4) is 0 Å². The Morgan fingerprint density at radius 3 is 2.56 bits per heavy atom. The number of hydrogen-bond acceptors (Lipinski definition) is 2. The number of halogens is 1. The van der Waals surface area contributed by atoms with Gasteiger partial charge in [-0.3, -0.25) is 0 Å². The van der Waals surface area contributed by atoms with Gasteiger partial charge < -0.3 is 10.6 Å². The normalized spacial score (nSPS) is 23.9. The van der Waals surface area contributed by atoms with Crippen molar-refractivity contribution in [2.45, 2.75) is 45.1 Å². The molecule has 0 aliphatic heterocycles. The highest BCUT2D eigenvalue weighted by Gasteiger charge is 2.24. The molecule has 2 nitrogen and oxygen atoms in total. The van der Waals surface area contributed by atoms with E-state index in [1.165, 1.54) is 38.2 Å². The van der Waals surface area contributed by atoms with Crippen LogP contribution in [0.25, 0.3) is 0 Å². The molecule has 0 aromatic heterocycles. The lowest BCUT2D eigenvalue weighted by molar-refractivity contribution is 0.313. The van der Waals surface area contributed by atoms with Gasteiger partial charge in [0.1, 0.15) is 5.82 Å². The largest absolute Gasteiger partial charge is 0.397 e. The third-order valence-electron chi connectivity index (χ3n) is 4.31. The molecular weight excluding hydrogens is 227 g/mol. The number of hydrogen-bond donors (Lipinski definition) is 1. The summed E-state index contributed by atoms with van der Waals surface area (Å²) < 4.78 is 13.3. The number of anilines is 2. The highest BCUT2D eigenvalue weighted by molar-refractivity contribution is 5.67. The number of nitrogen functional groups attached to an aromatic ring is 1. The molecule has 0 unspecified atom stereocenters. The third kappa shape index (κ3) is 2.77. The lowest BCUT2D eigenvalue weighted by Crippen LogP contribution is -2.35. The van der Waals surface area contributed by atoms with Crippen molar-refractivity contribution >= 4 is 11.4 Å². The van der Waals surface area contributed by atoms with E-state index in [9.17, 15) is 4.39 Å². The Balaban J connectivity index is 2.07. The summed E-state index contributed by atoms with van der Waals surface area (Å²) in [5, 5.41) is 0. The Labute approximate surface area is 109 Å². The number of rotatable bonds is 3. The molecule has 0 amide bonds. The molecule has 2 N–H and O–H groups in total. The van der Waals surface area contributed by atoms with Crippen molar-refractivity contribution in [2.75, 3.05) is 17.7 Å². The molecule has 1 aliphatic rings. The molecule has 0 heterocycles. The second kappa shape index (κ2) is 5.59. The van der Waals surface area contributed by atoms with Crippen LogP contribution in [-0.4, -0.2) is 13.1 Å². The lowest BCUT2D eigenvalue weighted by Gasteiger charge is -2.36. The molecular formula is C15H23FN2. The molecule has 1 aromatic carbocycles.